The second-order valence-electron chi connectivity index (χ2n) is 2.08. The van der Waals surface area contributed by atoms with Gasteiger partial charge in [-0.25, -0.2) is 0 Å². The van der Waals surface area contributed by atoms with E-state index in [9.17, 15) is 5.11 Å². The summed E-state index contributed by atoms with van der Waals surface area (Å²) in [7, 11) is 0. The molecular weight excluding hydrogens is 132 g/mol. The molecule has 1 heterocycles. The Bertz CT molecular complexity index is 169. The molecule has 0 bridgehead atoms. The van der Waals surface area contributed by atoms with Crippen molar-refractivity contribution >= 4 is 0 Å². The predicted octanol–water partition coefficient (Wildman–Crippen LogP) is 0.695. The summed E-state index contributed by atoms with van der Waals surface area (Å²) >= 11 is 0. The molecule has 0 fully saturated rings. The van der Waals surface area contributed by atoms with Gasteiger partial charge in [-0.2, -0.15) is 0 Å². The Kier molecular flexibility index (Phi) is 2.48. The maximum atomic E-state index is 9.19. The summed E-state index contributed by atoms with van der Waals surface area (Å²) in [4.78, 5) is 0. The van der Waals surface area contributed by atoms with E-state index < -0.39 is 6.10 Å². The molecule has 1 atom stereocenters. The molecule has 3 heteroatoms. The van der Waals surface area contributed by atoms with Gasteiger partial charge in [0, 0.05) is 18.6 Å². The van der Waals surface area contributed by atoms with Crippen molar-refractivity contribution in [2.75, 3.05) is 6.61 Å². The molecule has 0 spiro atoms. The van der Waals surface area contributed by atoms with Gasteiger partial charge in [-0.1, -0.05) is 0 Å². The van der Waals surface area contributed by atoms with E-state index in [4.69, 9.17) is 9.52 Å². The topological polar surface area (TPSA) is 53.6 Å². The van der Waals surface area contributed by atoms with E-state index in [-0.39, 0.29) is 6.61 Å². The van der Waals surface area contributed by atoms with Gasteiger partial charge in [0.1, 0.15) is 0 Å². The molecular formula is C7H10O3. The maximum absolute atomic E-state index is 9.19. The highest BCUT2D eigenvalue weighted by Crippen LogP contribution is 2.15. The molecule has 1 aromatic heterocycles. The molecule has 0 radical (unpaired) electrons. The Morgan fingerprint density at radius 2 is 2.40 bits per heavy atom. The largest absolute Gasteiger partial charge is 0.472 e. The number of furan rings is 1. The summed E-state index contributed by atoms with van der Waals surface area (Å²) in [5, 5.41) is 17.6. The minimum Gasteiger partial charge on any atom is -0.472 e. The molecule has 0 unspecified atom stereocenters. The fraction of sp³-hybridized carbons (Fsp3) is 0.429. The zero-order valence-corrected chi connectivity index (χ0v) is 5.53. The van der Waals surface area contributed by atoms with Crippen LogP contribution in [-0.2, 0) is 0 Å². The lowest BCUT2D eigenvalue weighted by atomic mass is 10.1. The number of aliphatic hydroxyl groups excluding tert-OH is 2. The van der Waals surface area contributed by atoms with Gasteiger partial charge in [-0.15, -0.1) is 0 Å². The van der Waals surface area contributed by atoms with E-state index >= 15 is 0 Å². The third-order valence-electron chi connectivity index (χ3n) is 1.33. The second-order valence-corrected chi connectivity index (χ2v) is 2.08. The summed E-state index contributed by atoms with van der Waals surface area (Å²) < 4.78 is 4.74. The van der Waals surface area contributed by atoms with Crippen LogP contribution in [0.2, 0.25) is 0 Å². The van der Waals surface area contributed by atoms with Gasteiger partial charge < -0.3 is 14.6 Å². The van der Waals surface area contributed by atoms with Crippen molar-refractivity contribution in [3.63, 3.8) is 0 Å². The van der Waals surface area contributed by atoms with Gasteiger partial charge in [-0.05, 0) is 6.07 Å². The Morgan fingerprint density at radius 1 is 1.60 bits per heavy atom. The van der Waals surface area contributed by atoms with Gasteiger partial charge in [0.25, 0.3) is 0 Å². The summed E-state index contributed by atoms with van der Waals surface area (Å²) in [6, 6.07) is 1.68. The lowest BCUT2D eigenvalue weighted by Gasteiger charge is -2.03. The van der Waals surface area contributed by atoms with Crippen molar-refractivity contribution in [2.24, 2.45) is 0 Å². The fourth-order valence-corrected chi connectivity index (χ4v) is 0.754. The first-order valence-electron chi connectivity index (χ1n) is 3.15. The Balaban J connectivity index is 2.50. The molecule has 1 rings (SSSR count). The molecule has 0 saturated carbocycles. The van der Waals surface area contributed by atoms with Crippen LogP contribution in [0.25, 0.3) is 0 Å². The molecule has 3 nitrogen and oxygen atoms in total. The molecule has 2 N–H and O–H groups in total. The van der Waals surface area contributed by atoms with Crippen LogP contribution in [0.4, 0.5) is 0 Å². The second kappa shape index (κ2) is 3.39. The Labute approximate surface area is 58.9 Å². The van der Waals surface area contributed by atoms with E-state index in [0.717, 1.165) is 0 Å². The van der Waals surface area contributed by atoms with Gasteiger partial charge in [0.2, 0.25) is 0 Å². The van der Waals surface area contributed by atoms with Crippen molar-refractivity contribution < 1.29 is 14.6 Å². The third-order valence-corrected chi connectivity index (χ3v) is 1.33. The average Bonchev–Trinajstić information content (AvgIpc) is 2.38. The van der Waals surface area contributed by atoms with Crippen molar-refractivity contribution in [1.82, 2.24) is 0 Å². The lowest BCUT2D eigenvalue weighted by molar-refractivity contribution is 0.134. The van der Waals surface area contributed by atoms with Crippen LogP contribution < -0.4 is 0 Å². The summed E-state index contributed by atoms with van der Waals surface area (Å²) in [6.45, 7) is -0.00759. The fourth-order valence-electron chi connectivity index (χ4n) is 0.754. The van der Waals surface area contributed by atoms with E-state index in [2.05, 4.69) is 0 Å². The summed E-state index contributed by atoms with van der Waals surface area (Å²) in [5.41, 5.74) is 0.717. The van der Waals surface area contributed by atoms with E-state index in [1.165, 1.54) is 12.5 Å². The lowest BCUT2D eigenvalue weighted by Crippen LogP contribution is -1.97. The number of hydrogen-bond acceptors (Lipinski definition) is 3. The highest BCUT2D eigenvalue weighted by atomic mass is 16.3. The molecule has 56 valence electrons. The summed E-state index contributed by atoms with van der Waals surface area (Å²) in [5.74, 6) is 0. The van der Waals surface area contributed by atoms with Crippen LogP contribution in [0.15, 0.2) is 23.0 Å². The van der Waals surface area contributed by atoms with Crippen LogP contribution in [0.3, 0.4) is 0 Å². The minimum absolute atomic E-state index is 0.00759. The first kappa shape index (κ1) is 7.31. The van der Waals surface area contributed by atoms with Gasteiger partial charge in [0.15, 0.2) is 0 Å². The zero-order valence-electron chi connectivity index (χ0n) is 5.53. The zero-order chi connectivity index (χ0) is 7.40. The molecule has 0 saturated heterocycles. The Hall–Kier alpha value is -0.800. The van der Waals surface area contributed by atoms with Gasteiger partial charge in [-0.3, -0.25) is 0 Å². The van der Waals surface area contributed by atoms with E-state index in [1.54, 1.807) is 6.07 Å². The Morgan fingerprint density at radius 3 is 2.90 bits per heavy atom. The van der Waals surface area contributed by atoms with Crippen LogP contribution in [0.5, 0.6) is 0 Å². The smallest absolute Gasteiger partial charge is 0.0960 e. The first-order chi connectivity index (χ1) is 4.84. The van der Waals surface area contributed by atoms with Gasteiger partial charge in [0.05, 0.1) is 18.6 Å². The molecule has 0 aliphatic carbocycles. The van der Waals surface area contributed by atoms with Crippen LogP contribution >= 0.6 is 0 Å². The molecule has 0 aromatic carbocycles. The predicted molar refractivity (Wildman–Crippen MR) is 35.4 cm³/mol. The quantitative estimate of drug-likeness (QED) is 0.653. The number of hydrogen-bond donors (Lipinski definition) is 2. The van der Waals surface area contributed by atoms with Crippen LogP contribution in [0.1, 0.15) is 18.1 Å². The van der Waals surface area contributed by atoms with Gasteiger partial charge >= 0.3 is 0 Å². The number of aliphatic hydroxyl groups is 2. The normalized spacial score (nSPS) is 13.4. The van der Waals surface area contributed by atoms with Crippen LogP contribution in [-0.4, -0.2) is 16.8 Å². The maximum Gasteiger partial charge on any atom is 0.0960 e. The van der Waals surface area contributed by atoms with Crippen molar-refractivity contribution in [1.29, 1.82) is 0 Å². The SMILES string of the molecule is OCC[C@H](O)c1ccoc1. The van der Waals surface area contributed by atoms with E-state index in [0.29, 0.717) is 12.0 Å². The van der Waals surface area contributed by atoms with Crippen molar-refractivity contribution in [3.8, 4) is 0 Å². The standard InChI is InChI=1S/C7H10O3/c8-3-1-7(9)6-2-4-10-5-6/h2,4-5,7-9H,1,3H2/t7-/m0/s1. The minimum atomic E-state index is -0.594. The third kappa shape index (κ3) is 1.59. The van der Waals surface area contributed by atoms with E-state index in [1.807, 2.05) is 0 Å². The highest BCUT2D eigenvalue weighted by Gasteiger charge is 2.06. The highest BCUT2D eigenvalue weighted by molar-refractivity contribution is 5.08. The van der Waals surface area contributed by atoms with Crippen LogP contribution in [0, 0.1) is 0 Å². The molecule has 0 aliphatic heterocycles. The monoisotopic (exact) mass is 142 g/mol. The number of rotatable bonds is 3. The summed E-state index contributed by atoms with van der Waals surface area (Å²) in [6.07, 6.45) is 2.74. The molecule has 10 heavy (non-hydrogen) atoms. The van der Waals surface area contributed by atoms with Crippen molar-refractivity contribution in [3.05, 3.63) is 24.2 Å². The molecule has 0 amide bonds. The van der Waals surface area contributed by atoms with Crippen molar-refractivity contribution in [2.45, 2.75) is 12.5 Å². The molecule has 0 aliphatic rings. The average molecular weight is 142 g/mol. The first-order valence-corrected chi connectivity index (χ1v) is 3.15. The molecule has 1 aromatic rings.